The summed E-state index contributed by atoms with van der Waals surface area (Å²) in [6.07, 6.45) is 4.25. The van der Waals surface area contributed by atoms with Crippen molar-refractivity contribution in [1.29, 1.82) is 0 Å². The summed E-state index contributed by atoms with van der Waals surface area (Å²) in [6, 6.07) is 5.83. The number of rotatable bonds is 3. The Morgan fingerprint density at radius 3 is 2.83 bits per heavy atom. The number of hydrogen-bond donors (Lipinski definition) is 1. The standard InChI is InChI=1S/C14H17NO3/c1-15-11-7-10(3-4-12(11)18-13(15)17)8-14(9-16)5-2-6-14/h3-4,7,16H,2,5-6,8-9H2,1H3. The summed E-state index contributed by atoms with van der Waals surface area (Å²) in [6.45, 7) is 0.245. The van der Waals surface area contributed by atoms with Crippen LogP contribution in [0.2, 0.25) is 0 Å². The molecule has 0 spiro atoms. The molecule has 0 bridgehead atoms. The number of aliphatic hydroxyl groups excluding tert-OH is 1. The first-order chi connectivity index (χ1) is 8.63. The molecule has 0 radical (unpaired) electrons. The van der Waals surface area contributed by atoms with Crippen molar-refractivity contribution >= 4 is 11.1 Å². The molecule has 1 N–H and O–H groups in total. The Morgan fingerprint density at radius 1 is 1.44 bits per heavy atom. The number of fused-ring (bicyclic) bond motifs is 1. The molecule has 1 aromatic carbocycles. The lowest BCUT2D eigenvalue weighted by atomic mass is 9.66. The van der Waals surface area contributed by atoms with E-state index in [9.17, 15) is 9.90 Å². The molecule has 96 valence electrons. The monoisotopic (exact) mass is 247 g/mol. The molecule has 2 aromatic rings. The van der Waals surface area contributed by atoms with E-state index in [0.717, 1.165) is 30.3 Å². The molecule has 4 nitrogen and oxygen atoms in total. The van der Waals surface area contributed by atoms with Crippen LogP contribution >= 0.6 is 0 Å². The lowest BCUT2D eigenvalue weighted by molar-refractivity contribution is 0.0450. The second-order valence-corrected chi connectivity index (χ2v) is 5.42. The predicted molar refractivity (Wildman–Crippen MR) is 68.5 cm³/mol. The zero-order chi connectivity index (χ0) is 12.8. The lowest BCUT2D eigenvalue weighted by Crippen LogP contribution is -2.35. The van der Waals surface area contributed by atoms with Gasteiger partial charge in [-0.1, -0.05) is 12.5 Å². The molecule has 1 heterocycles. The van der Waals surface area contributed by atoms with Gasteiger partial charge < -0.3 is 9.52 Å². The molecule has 4 heteroatoms. The number of benzene rings is 1. The van der Waals surface area contributed by atoms with Crippen LogP contribution in [-0.2, 0) is 13.5 Å². The topological polar surface area (TPSA) is 55.4 Å². The smallest absolute Gasteiger partial charge is 0.408 e. The molecule has 0 amide bonds. The predicted octanol–water partition coefficient (Wildman–Crippen LogP) is 1.84. The highest BCUT2D eigenvalue weighted by Crippen LogP contribution is 2.43. The van der Waals surface area contributed by atoms with Gasteiger partial charge in [0.15, 0.2) is 5.58 Å². The maximum Gasteiger partial charge on any atom is 0.419 e. The van der Waals surface area contributed by atoms with Crippen molar-refractivity contribution in [1.82, 2.24) is 4.57 Å². The van der Waals surface area contributed by atoms with Crippen LogP contribution in [0.4, 0.5) is 0 Å². The zero-order valence-corrected chi connectivity index (χ0v) is 10.5. The van der Waals surface area contributed by atoms with Gasteiger partial charge in [0.25, 0.3) is 0 Å². The van der Waals surface area contributed by atoms with E-state index >= 15 is 0 Å². The van der Waals surface area contributed by atoms with Crippen molar-refractivity contribution < 1.29 is 9.52 Å². The molecule has 0 saturated heterocycles. The quantitative estimate of drug-likeness (QED) is 0.900. The molecule has 1 aliphatic carbocycles. The number of aliphatic hydroxyl groups is 1. The molecule has 0 atom stereocenters. The number of aromatic nitrogens is 1. The highest BCUT2D eigenvalue weighted by atomic mass is 16.4. The summed E-state index contributed by atoms with van der Waals surface area (Å²) in [5.41, 5.74) is 2.67. The van der Waals surface area contributed by atoms with Crippen LogP contribution < -0.4 is 5.76 Å². The summed E-state index contributed by atoms with van der Waals surface area (Å²) in [5, 5.41) is 9.50. The van der Waals surface area contributed by atoms with Gasteiger partial charge in [-0.25, -0.2) is 4.79 Å². The fourth-order valence-electron chi connectivity index (χ4n) is 2.78. The van der Waals surface area contributed by atoms with Crippen molar-refractivity contribution in [2.24, 2.45) is 12.5 Å². The Balaban J connectivity index is 1.98. The maximum absolute atomic E-state index is 11.4. The van der Waals surface area contributed by atoms with Gasteiger partial charge in [-0.3, -0.25) is 4.57 Å². The van der Waals surface area contributed by atoms with Gasteiger partial charge in [0.1, 0.15) is 0 Å². The Hall–Kier alpha value is -1.55. The summed E-state index contributed by atoms with van der Waals surface area (Å²) < 4.78 is 6.63. The number of oxazole rings is 1. The van der Waals surface area contributed by atoms with Crippen molar-refractivity contribution in [3.63, 3.8) is 0 Å². The fourth-order valence-corrected chi connectivity index (χ4v) is 2.78. The zero-order valence-electron chi connectivity index (χ0n) is 10.5. The first-order valence-electron chi connectivity index (χ1n) is 6.33. The first kappa shape index (κ1) is 11.5. The van der Waals surface area contributed by atoms with Crippen LogP contribution in [0.15, 0.2) is 27.4 Å². The van der Waals surface area contributed by atoms with Crippen LogP contribution in [0.1, 0.15) is 24.8 Å². The normalized spacial score (nSPS) is 17.9. The van der Waals surface area contributed by atoms with Crippen molar-refractivity contribution in [3.05, 3.63) is 34.3 Å². The maximum atomic E-state index is 11.4. The Kier molecular flexibility index (Phi) is 2.55. The highest BCUT2D eigenvalue weighted by molar-refractivity contribution is 5.73. The second kappa shape index (κ2) is 3.99. The minimum atomic E-state index is -0.331. The third-order valence-corrected chi connectivity index (χ3v) is 4.18. The van der Waals surface area contributed by atoms with E-state index < -0.39 is 0 Å². The molecule has 0 aliphatic heterocycles. The van der Waals surface area contributed by atoms with Gasteiger partial charge in [0.2, 0.25) is 0 Å². The van der Waals surface area contributed by atoms with Crippen LogP contribution in [0, 0.1) is 5.41 Å². The van der Waals surface area contributed by atoms with Gasteiger partial charge in [0, 0.05) is 13.7 Å². The molecule has 3 rings (SSSR count). The lowest BCUT2D eigenvalue weighted by Gasteiger charge is -2.40. The van der Waals surface area contributed by atoms with Crippen LogP contribution in [0.3, 0.4) is 0 Å². The highest BCUT2D eigenvalue weighted by Gasteiger charge is 2.36. The van der Waals surface area contributed by atoms with E-state index in [1.165, 1.54) is 11.0 Å². The third kappa shape index (κ3) is 1.68. The van der Waals surface area contributed by atoms with Gasteiger partial charge in [0.05, 0.1) is 5.52 Å². The van der Waals surface area contributed by atoms with E-state index in [-0.39, 0.29) is 17.8 Å². The van der Waals surface area contributed by atoms with Crippen LogP contribution in [-0.4, -0.2) is 16.3 Å². The van der Waals surface area contributed by atoms with Gasteiger partial charge in [-0.15, -0.1) is 0 Å². The minimum Gasteiger partial charge on any atom is -0.408 e. The molecule has 0 unspecified atom stereocenters. The van der Waals surface area contributed by atoms with E-state index in [0.29, 0.717) is 5.58 Å². The molecule has 1 fully saturated rings. The summed E-state index contributed by atoms with van der Waals surface area (Å²) >= 11 is 0. The second-order valence-electron chi connectivity index (χ2n) is 5.42. The molecule has 1 aromatic heterocycles. The average Bonchev–Trinajstić information content (AvgIpc) is 2.60. The van der Waals surface area contributed by atoms with E-state index in [1.54, 1.807) is 7.05 Å². The Labute approximate surface area is 105 Å². The van der Waals surface area contributed by atoms with E-state index in [1.807, 2.05) is 18.2 Å². The Bertz CT molecular complexity index is 629. The molecule has 1 aliphatic rings. The summed E-state index contributed by atoms with van der Waals surface area (Å²) in [5.74, 6) is -0.331. The summed E-state index contributed by atoms with van der Waals surface area (Å²) in [7, 11) is 1.71. The van der Waals surface area contributed by atoms with Gasteiger partial charge >= 0.3 is 5.76 Å². The van der Waals surface area contributed by atoms with Crippen LogP contribution in [0.5, 0.6) is 0 Å². The minimum absolute atomic E-state index is 0.0658. The van der Waals surface area contributed by atoms with Crippen LogP contribution in [0.25, 0.3) is 11.1 Å². The van der Waals surface area contributed by atoms with Crippen molar-refractivity contribution in [2.45, 2.75) is 25.7 Å². The van der Waals surface area contributed by atoms with Gasteiger partial charge in [-0.2, -0.15) is 0 Å². The van der Waals surface area contributed by atoms with Crippen molar-refractivity contribution in [2.75, 3.05) is 6.61 Å². The largest absolute Gasteiger partial charge is 0.419 e. The number of aryl methyl sites for hydroxylation is 1. The first-order valence-corrected chi connectivity index (χ1v) is 6.33. The molecular weight excluding hydrogens is 230 g/mol. The van der Waals surface area contributed by atoms with Gasteiger partial charge in [-0.05, 0) is 42.4 Å². The molecular formula is C14H17NO3. The summed E-state index contributed by atoms with van der Waals surface area (Å²) in [4.78, 5) is 11.4. The van der Waals surface area contributed by atoms with E-state index in [4.69, 9.17) is 4.42 Å². The van der Waals surface area contributed by atoms with E-state index in [2.05, 4.69) is 0 Å². The Morgan fingerprint density at radius 2 is 2.22 bits per heavy atom. The molecule has 18 heavy (non-hydrogen) atoms. The molecule has 1 saturated carbocycles. The fraction of sp³-hybridized carbons (Fsp3) is 0.500. The SMILES string of the molecule is Cn1c(=O)oc2ccc(CC3(CO)CCC3)cc21. The van der Waals surface area contributed by atoms with Crippen molar-refractivity contribution in [3.8, 4) is 0 Å². The number of hydrogen-bond acceptors (Lipinski definition) is 3. The number of nitrogens with zero attached hydrogens (tertiary/aromatic N) is 1. The average molecular weight is 247 g/mol. The third-order valence-electron chi connectivity index (χ3n) is 4.18.